The van der Waals surface area contributed by atoms with E-state index in [2.05, 4.69) is 20.3 Å². The van der Waals surface area contributed by atoms with Gasteiger partial charge >= 0.3 is 0 Å². The summed E-state index contributed by atoms with van der Waals surface area (Å²) in [5.74, 6) is 0.108. The SMILES string of the molecule is CCC1C(=O)Nc2cnc(/C(C=N)=C(/N)c3nccs3)nc2N1c1ccc(F)cc1. The number of rotatable bonds is 5. The molecular formula is C20H18FN7OS. The highest BCUT2D eigenvalue weighted by atomic mass is 32.1. The number of carbonyl (C=O) groups excluding carboxylic acids is 1. The lowest BCUT2D eigenvalue weighted by Crippen LogP contribution is -2.45. The molecule has 30 heavy (non-hydrogen) atoms. The smallest absolute Gasteiger partial charge is 0.247 e. The number of thiazole rings is 1. The first-order valence-corrected chi connectivity index (χ1v) is 10.0. The van der Waals surface area contributed by atoms with Gasteiger partial charge in [-0.25, -0.2) is 19.3 Å². The Morgan fingerprint density at radius 1 is 1.37 bits per heavy atom. The van der Waals surface area contributed by atoms with Crippen molar-refractivity contribution in [3.8, 4) is 0 Å². The van der Waals surface area contributed by atoms with Crippen LogP contribution in [0.15, 0.2) is 42.0 Å². The van der Waals surface area contributed by atoms with Gasteiger partial charge in [-0.15, -0.1) is 11.3 Å². The number of nitrogens with zero attached hydrogens (tertiary/aromatic N) is 4. The zero-order valence-corrected chi connectivity index (χ0v) is 16.8. The third-order valence-electron chi connectivity index (χ3n) is 4.70. The van der Waals surface area contributed by atoms with Crippen LogP contribution in [0.2, 0.25) is 0 Å². The summed E-state index contributed by atoms with van der Waals surface area (Å²) < 4.78 is 13.5. The lowest BCUT2D eigenvalue weighted by atomic mass is 10.1. The second-order valence-electron chi connectivity index (χ2n) is 6.50. The highest BCUT2D eigenvalue weighted by molar-refractivity contribution is 7.10. The van der Waals surface area contributed by atoms with Gasteiger partial charge in [0.15, 0.2) is 11.6 Å². The zero-order chi connectivity index (χ0) is 21.3. The third kappa shape index (κ3) is 3.41. The molecule has 1 aliphatic heterocycles. The number of nitrogens with one attached hydrogen (secondary N) is 2. The Morgan fingerprint density at radius 2 is 2.13 bits per heavy atom. The maximum atomic E-state index is 13.5. The highest BCUT2D eigenvalue weighted by Crippen LogP contribution is 2.37. The van der Waals surface area contributed by atoms with Crippen LogP contribution in [0, 0.1) is 11.2 Å². The van der Waals surface area contributed by atoms with E-state index in [0.29, 0.717) is 39.9 Å². The molecule has 1 amide bonds. The monoisotopic (exact) mass is 423 g/mol. The van der Waals surface area contributed by atoms with E-state index in [1.54, 1.807) is 28.6 Å². The molecule has 0 saturated heterocycles. The van der Waals surface area contributed by atoms with E-state index in [9.17, 15) is 9.18 Å². The van der Waals surface area contributed by atoms with Crippen molar-refractivity contribution in [2.24, 2.45) is 5.73 Å². The summed E-state index contributed by atoms with van der Waals surface area (Å²) in [5, 5.41) is 13.0. The van der Waals surface area contributed by atoms with E-state index in [4.69, 9.17) is 11.1 Å². The second kappa shape index (κ2) is 7.99. The van der Waals surface area contributed by atoms with E-state index in [1.165, 1.54) is 29.7 Å². The summed E-state index contributed by atoms with van der Waals surface area (Å²) in [4.78, 5) is 27.5. The van der Waals surface area contributed by atoms with Gasteiger partial charge in [0.2, 0.25) is 5.91 Å². The molecule has 8 nitrogen and oxygen atoms in total. The molecule has 4 rings (SSSR count). The number of nitrogens with two attached hydrogens (primary N) is 1. The van der Waals surface area contributed by atoms with Crippen LogP contribution in [0.5, 0.6) is 0 Å². The summed E-state index contributed by atoms with van der Waals surface area (Å²) in [6.07, 6.45) is 4.70. The molecule has 1 unspecified atom stereocenters. The molecule has 10 heteroatoms. The second-order valence-corrected chi connectivity index (χ2v) is 7.39. The number of amides is 1. The molecular weight excluding hydrogens is 405 g/mol. The fourth-order valence-electron chi connectivity index (χ4n) is 3.26. The number of carbonyl (C=O) groups is 1. The van der Waals surface area contributed by atoms with E-state index < -0.39 is 6.04 Å². The van der Waals surface area contributed by atoms with Gasteiger partial charge in [-0.3, -0.25) is 4.79 Å². The van der Waals surface area contributed by atoms with Crippen LogP contribution in [0.1, 0.15) is 24.2 Å². The van der Waals surface area contributed by atoms with Gasteiger partial charge in [0.25, 0.3) is 0 Å². The molecule has 0 bridgehead atoms. The van der Waals surface area contributed by atoms with Gasteiger partial charge in [0, 0.05) is 23.5 Å². The summed E-state index contributed by atoms with van der Waals surface area (Å²) in [5.41, 5.74) is 7.87. The summed E-state index contributed by atoms with van der Waals surface area (Å²) >= 11 is 1.35. The molecule has 1 aromatic carbocycles. The molecule has 0 saturated carbocycles. The fraction of sp³-hybridized carbons (Fsp3) is 0.150. The van der Waals surface area contributed by atoms with E-state index in [-0.39, 0.29) is 17.5 Å². The van der Waals surface area contributed by atoms with Crippen LogP contribution in [0.3, 0.4) is 0 Å². The minimum Gasteiger partial charge on any atom is -0.396 e. The number of halogens is 1. The molecule has 0 spiro atoms. The quantitative estimate of drug-likeness (QED) is 0.541. The van der Waals surface area contributed by atoms with Crippen LogP contribution in [0.4, 0.5) is 21.6 Å². The minimum atomic E-state index is -0.533. The van der Waals surface area contributed by atoms with Crippen molar-refractivity contribution < 1.29 is 9.18 Å². The average molecular weight is 423 g/mol. The van der Waals surface area contributed by atoms with Crippen molar-refractivity contribution in [1.82, 2.24) is 15.0 Å². The highest BCUT2D eigenvalue weighted by Gasteiger charge is 2.34. The Kier molecular flexibility index (Phi) is 5.23. The number of allylic oxidation sites excluding steroid dienone is 1. The molecule has 1 aliphatic rings. The summed E-state index contributed by atoms with van der Waals surface area (Å²) in [6.45, 7) is 1.89. The summed E-state index contributed by atoms with van der Waals surface area (Å²) in [6, 6.07) is 5.33. The Bertz CT molecular complexity index is 1130. The van der Waals surface area contributed by atoms with Crippen molar-refractivity contribution in [2.45, 2.75) is 19.4 Å². The molecule has 152 valence electrons. The van der Waals surface area contributed by atoms with Gasteiger partial charge < -0.3 is 21.4 Å². The van der Waals surface area contributed by atoms with Crippen LogP contribution in [-0.4, -0.2) is 33.1 Å². The van der Waals surface area contributed by atoms with Crippen molar-refractivity contribution >= 4 is 51.9 Å². The Labute approximate surface area is 175 Å². The van der Waals surface area contributed by atoms with Crippen molar-refractivity contribution in [3.05, 3.63) is 58.7 Å². The van der Waals surface area contributed by atoms with Crippen LogP contribution < -0.4 is 16.0 Å². The molecule has 0 aliphatic carbocycles. The first-order chi connectivity index (χ1) is 14.5. The standard InChI is InChI=1S/C20H18FN7OS/c1-2-15-19(29)26-14-10-25-17(13(9-22)16(23)20-24-7-8-30-20)27-18(14)28(15)12-5-3-11(21)4-6-12/h3-10,15,22H,2,23H2,1H3,(H,26,29)/b16-13+,22-9?. The van der Waals surface area contributed by atoms with Crippen molar-refractivity contribution in [2.75, 3.05) is 10.2 Å². The number of anilines is 3. The maximum absolute atomic E-state index is 13.5. The Balaban J connectivity index is 1.88. The Hall–Kier alpha value is -3.66. The predicted molar refractivity (Wildman–Crippen MR) is 115 cm³/mol. The maximum Gasteiger partial charge on any atom is 0.247 e. The molecule has 2 aromatic heterocycles. The molecule has 0 fully saturated rings. The van der Waals surface area contributed by atoms with Gasteiger partial charge in [-0.05, 0) is 30.7 Å². The third-order valence-corrected chi connectivity index (χ3v) is 5.51. The fourth-order valence-corrected chi connectivity index (χ4v) is 3.87. The number of hydrogen-bond donors (Lipinski definition) is 3. The normalized spacial score (nSPS) is 16.5. The summed E-state index contributed by atoms with van der Waals surface area (Å²) in [7, 11) is 0. The molecule has 1 atom stereocenters. The van der Waals surface area contributed by atoms with Crippen molar-refractivity contribution in [1.29, 1.82) is 5.41 Å². The minimum absolute atomic E-state index is 0.198. The number of aromatic nitrogens is 3. The van der Waals surface area contributed by atoms with Crippen LogP contribution >= 0.6 is 11.3 Å². The zero-order valence-electron chi connectivity index (χ0n) is 16.0. The Morgan fingerprint density at radius 3 is 2.77 bits per heavy atom. The molecule has 0 radical (unpaired) electrons. The lowest BCUT2D eigenvalue weighted by Gasteiger charge is -2.36. The predicted octanol–water partition coefficient (Wildman–Crippen LogP) is 3.42. The molecule has 3 aromatic rings. The molecule has 4 N–H and O–H groups in total. The first-order valence-electron chi connectivity index (χ1n) is 9.16. The van der Waals surface area contributed by atoms with Gasteiger partial charge in [0.1, 0.15) is 22.6 Å². The van der Waals surface area contributed by atoms with Gasteiger partial charge in [-0.1, -0.05) is 6.92 Å². The lowest BCUT2D eigenvalue weighted by molar-refractivity contribution is -0.117. The van der Waals surface area contributed by atoms with E-state index in [0.717, 1.165) is 6.21 Å². The van der Waals surface area contributed by atoms with Crippen molar-refractivity contribution in [3.63, 3.8) is 0 Å². The van der Waals surface area contributed by atoms with Gasteiger partial charge in [0.05, 0.1) is 17.5 Å². The molecule has 3 heterocycles. The van der Waals surface area contributed by atoms with Crippen LogP contribution in [-0.2, 0) is 4.79 Å². The number of benzene rings is 1. The van der Waals surface area contributed by atoms with E-state index >= 15 is 0 Å². The average Bonchev–Trinajstić information content (AvgIpc) is 3.29. The first kappa shape index (κ1) is 19.6. The van der Waals surface area contributed by atoms with E-state index in [1.807, 2.05) is 6.92 Å². The largest absolute Gasteiger partial charge is 0.396 e. The number of hydrogen-bond acceptors (Lipinski definition) is 8. The van der Waals surface area contributed by atoms with Gasteiger partial charge in [-0.2, -0.15) is 0 Å². The number of fused-ring (bicyclic) bond motifs is 1. The topological polar surface area (TPSA) is 121 Å². The van der Waals surface area contributed by atoms with Crippen LogP contribution in [0.25, 0.3) is 11.3 Å².